The van der Waals surface area contributed by atoms with Crippen molar-refractivity contribution in [1.29, 1.82) is 0 Å². The lowest BCUT2D eigenvalue weighted by Gasteiger charge is -2.32. The highest BCUT2D eigenvalue weighted by Gasteiger charge is 2.20. The van der Waals surface area contributed by atoms with E-state index in [9.17, 15) is 8.42 Å². The molecule has 1 saturated heterocycles. The number of piperazine rings is 1. The topological polar surface area (TPSA) is 54.8 Å². The minimum atomic E-state index is -3.66. The van der Waals surface area contributed by atoms with Gasteiger partial charge in [-0.15, -0.1) is 0 Å². The number of nitrogens with zero attached hydrogens (tertiary/aromatic N) is 3. The average molecular weight is 400 g/mol. The fourth-order valence-corrected chi connectivity index (χ4v) is 5.04. The van der Waals surface area contributed by atoms with Crippen molar-refractivity contribution in [2.45, 2.75) is 11.4 Å². The molecule has 0 atom stereocenters. The minimum absolute atomic E-state index is 0.312. The summed E-state index contributed by atoms with van der Waals surface area (Å²) in [5.74, 6) is 0.705. The second-order valence-electron chi connectivity index (χ2n) is 7.27. The van der Waals surface area contributed by atoms with Gasteiger partial charge in [-0.1, -0.05) is 12.1 Å². The highest BCUT2D eigenvalue weighted by molar-refractivity contribution is 7.90. The summed E-state index contributed by atoms with van der Waals surface area (Å²) in [6.07, 6.45) is 1.60. The molecule has 1 aliphatic rings. The largest absolute Gasteiger partial charge is 0.497 e. The molecule has 0 N–H and O–H groups in total. The molecule has 28 heavy (non-hydrogen) atoms. The van der Waals surface area contributed by atoms with Gasteiger partial charge < -0.3 is 9.64 Å². The van der Waals surface area contributed by atoms with Crippen LogP contribution in [0.25, 0.3) is 10.9 Å². The van der Waals surface area contributed by atoms with Crippen LogP contribution in [0.15, 0.2) is 59.6 Å². The van der Waals surface area contributed by atoms with E-state index in [0.29, 0.717) is 16.2 Å². The second kappa shape index (κ2) is 7.58. The second-order valence-corrected chi connectivity index (χ2v) is 9.08. The molecular weight excluding hydrogens is 374 g/mol. The standard InChI is InChI=1S/C21H25N3O3S/c1-22-10-12-23(13-11-22)16-17-4-3-5-20(14-17)28(25,26)24-9-8-18-15-19(27-2)6-7-21(18)24/h3-9,14-15H,10-13,16H2,1-2H3. The van der Waals surface area contributed by atoms with Gasteiger partial charge in [0.25, 0.3) is 10.0 Å². The van der Waals surface area contributed by atoms with Crippen LogP contribution in [-0.4, -0.2) is 62.5 Å². The van der Waals surface area contributed by atoms with Crippen molar-refractivity contribution in [3.63, 3.8) is 0 Å². The van der Waals surface area contributed by atoms with E-state index >= 15 is 0 Å². The van der Waals surface area contributed by atoms with Crippen LogP contribution in [0.2, 0.25) is 0 Å². The summed E-state index contributed by atoms with van der Waals surface area (Å²) in [4.78, 5) is 4.99. The number of likely N-dealkylation sites (N-methyl/N-ethyl adjacent to an activating group) is 1. The molecule has 0 amide bonds. The lowest BCUT2D eigenvalue weighted by Crippen LogP contribution is -2.43. The summed E-state index contributed by atoms with van der Waals surface area (Å²) in [5.41, 5.74) is 1.66. The van der Waals surface area contributed by atoms with Crippen molar-refractivity contribution < 1.29 is 13.2 Å². The molecule has 1 aromatic heterocycles. The van der Waals surface area contributed by atoms with Crippen LogP contribution in [0.4, 0.5) is 0 Å². The molecule has 7 heteroatoms. The molecule has 3 aromatic rings. The highest BCUT2D eigenvalue weighted by Crippen LogP contribution is 2.26. The van der Waals surface area contributed by atoms with Crippen molar-refractivity contribution in [3.05, 3.63) is 60.3 Å². The average Bonchev–Trinajstić information content (AvgIpc) is 3.14. The molecule has 0 unspecified atom stereocenters. The zero-order chi connectivity index (χ0) is 19.7. The molecule has 0 saturated carbocycles. The Morgan fingerprint density at radius 3 is 2.54 bits per heavy atom. The summed E-state index contributed by atoms with van der Waals surface area (Å²) < 4.78 is 33.1. The van der Waals surface area contributed by atoms with E-state index in [-0.39, 0.29) is 0 Å². The smallest absolute Gasteiger partial charge is 0.268 e. The SMILES string of the molecule is COc1ccc2c(ccn2S(=O)(=O)c2cccc(CN3CCN(C)CC3)c2)c1. The zero-order valence-corrected chi connectivity index (χ0v) is 17.0. The fourth-order valence-electron chi connectivity index (χ4n) is 3.61. The monoisotopic (exact) mass is 399 g/mol. The van der Waals surface area contributed by atoms with E-state index in [2.05, 4.69) is 16.8 Å². The summed E-state index contributed by atoms with van der Waals surface area (Å²) >= 11 is 0. The number of aromatic nitrogens is 1. The fraction of sp³-hybridized carbons (Fsp3) is 0.333. The summed E-state index contributed by atoms with van der Waals surface area (Å²) in [7, 11) is 0.0597. The van der Waals surface area contributed by atoms with E-state index in [1.807, 2.05) is 18.2 Å². The molecule has 2 aromatic carbocycles. The van der Waals surface area contributed by atoms with Crippen LogP contribution >= 0.6 is 0 Å². The van der Waals surface area contributed by atoms with Crippen molar-refractivity contribution in [3.8, 4) is 5.75 Å². The van der Waals surface area contributed by atoms with Gasteiger partial charge in [0, 0.05) is 44.3 Å². The van der Waals surface area contributed by atoms with Gasteiger partial charge in [-0.2, -0.15) is 0 Å². The summed E-state index contributed by atoms with van der Waals surface area (Å²) in [6, 6.07) is 14.5. The van der Waals surface area contributed by atoms with Crippen LogP contribution < -0.4 is 4.74 Å². The Morgan fingerprint density at radius 1 is 1.00 bits per heavy atom. The van der Waals surface area contributed by atoms with E-state index in [1.54, 1.807) is 43.6 Å². The van der Waals surface area contributed by atoms with E-state index in [4.69, 9.17) is 4.74 Å². The predicted octanol–water partition coefficient (Wildman–Crippen LogP) is 2.63. The van der Waals surface area contributed by atoms with Crippen LogP contribution in [-0.2, 0) is 16.6 Å². The Morgan fingerprint density at radius 2 is 1.79 bits per heavy atom. The molecule has 6 nitrogen and oxygen atoms in total. The van der Waals surface area contributed by atoms with Gasteiger partial charge in [-0.25, -0.2) is 12.4 Å². The molecule has 4 rings (SSSR count). The van der Waals surface area contributed by atoms with Crippen molar-refractivity contribution in [2.24, 2.45) is 0 Å². The van der Waals surface area contributed by atoms with Gasteiger partial charge in [0.1, 0.15) is 5.75 Å². The van der Waals surface area contributed by atoms with Crippen LogP contribution in [0.5, 0.6) is 5.75 Å². The Kier molecular flexibility index (Phi) is 5.14. The predicted molar refractivity (Wildman–Crippen MR) is 110 cm³/mol. The Labute approximate surface area is 166 Å². The first-order valence-electron chi connectivity index (χ1n) is 9.38. The molecule has 0 aliphatic carbocycles. The van der Waals surface area contributed by atoms with Crippen molar-refractivity contribution >= 4 is 20.9 Å². The number of benzene rings is 2. The molecule has 0 radical (unpaired) electrons. The number of methoxy groups -OCH3 is 1. The summed E-state index contributed by atoms with van der Waals surface area (Å²) in [5, 5.41) is 0.830. The number of hydrogen-bond donors (Lipinski definition) is 0. The lowest BCUT2D eigenvalue weighted by molar-refractivity contribution is 0.148. The van der Waals surface area contributed by atoms with Gasteiger partial charge in [-0.3, -0.25) is 4.90 Å². The van der Waals surface area contributed by atoms with Crippen molar-refractivity contribution in [2.75, 3.05) is 40.3 Å². The number of ether oxygens (including phenoxy) is 1. The maximum absolute atomic E-state index is 13.3. The zero-order valence-electron chi connectivity index (χ0n) is 16.2. The molecular formula is C21H25N3O3S. The third-order valence-corrected chi connectivity index (χ3v) is 7.00. The number of hydrogen-bond acceptors (Lipinski definition) is 5. The third kappa shape index (κ3) is 3.65. The van der Waals surface area contributed by atoms with E-state index < -0.39 is 10.0 Å². The molecule has 1 aliphatic heterocycles. The Balaban J connectivity index is 1.63. The highest BCUT2D eigenvalue weighted by atomic mass is 32.2. The van der Waals surface area contributed by atoms with Gasteiger partial charge >= 0.3 is 0 Å². The maximum atomic E-state index is 13.3. The first-order valence-corrected chi connectivity index (χ1v) is 10.8. The van der Waals surface area contributed by atoms with Gasteiger partial charge in [0.05, 0.1) is 17.5 Å². The Hall–Kier alpha value is -2.35. The molecule has 148 valence electrons. The van der Waals surface area contributed by atoms with Gasteiger partial charge in [0.15, 0.2) is 0 Å². The first kappa shape index (κ1) is 19.0. The van der Waals surface area contributed by atoms with E-state index in [0.717, 1.165) is 43.7 Å². The minimum Gasteiger partial charge on any atom is -0.497 e. The van der Waals surface area contributed by atoms with Crippen LogP contribution in [0, 0.1) is 0 Å². The molecule has 0 spiro atoms. The number of fused-ring (bicyclic) bond motifs is 1. The Bertz CT molecular complexity index is 1080. The van der Waals surface area contributed by atoms with Gasteiger partial charge in [-0.05, 0) is 49.0 Å². The molecule has 2 heterocycles. The van der Waals surface area contributed by atoms with Gasteiger partial charge in [0.2, 0.25) is 0 Å². The normalized spacial score (nSPS) is 16.5. The number of rotatable bonds is 5. The molecule has 0 bridgehead atoms. The van der Waals surface area contributed by atoms with Crippen LogP contribution in [0.3, 0.4) is 0 Å². The lowest BCUT2D eigenvalue weighted by atomic mass is 10.2. The van der Waals surface area contributed by atoms with Crippen LogP contribution in [0.1, 0.15) is 5.56 Å². The van der Waals surface area contributed by atoms with E-state index in [1.165, 1.54) is 3.97 Å². The first-order chi connectivity index (χ1) is 13.5. The third-order valence-electron chi connectivity index (χ3n) is 5.32. The maximum Gasteiger partial charge on any atom is 0.268 e. The van der Waals surface area contributed by atoms with Crippen molar-refractivity contribution in [1.82, 2.24) is 13.8 Å². The quantitative estimate of drug-likeness (QED) is 0.660. The molecule has 1 fully saturated rings. The summed E-state index contributed by atoms with van der Waals surface area (Å²) in [6.45, 7) is 4.84.